The van der Waals surface area contributed by atoms with Crippen LogP contribution in [0.15, 0.2) is 30.6 Å². The Kier molecular flexibility index (Phi) is 4.04. The Morgan fingerprint density at radius 3 is 2.62 bits per heavy atom. The molecule has 4 rings (SSSR count). The molecule has 6 heteroatoms. The highest BCUT2D eigenvalue weighted by molar-refractivity contribution is 5.92. The number of aromatic amines is 1. The van der Waals surface area contributed by atoms with Crippen molar-refractivity contribution in [2.75, 3.05) is 13.1 Å². The Morgan fingerprint density at radius 2 is 1.92 bits per heavy atom. The summed E-state index contributed by atoms with van der Waals surface area (Å²) in [6.45, 7) is 7.54. The second-order valence-electron chi connectivity index (χ2n) is 7.33. The van der Waals surface area contributed by atoms with Gasteiger partial charge in [-0.3, -0.25) is 4.98 Å². The Hall–Kier alpha value is -2.31. The van der Waals surface area contributed by atoms with E-state index in [9.17, 15) is 9.50 Å². The maximum absolute atomic E-state index is 14.2. The van der Waals surface area contributed by atoms with Crippen LogP contribution in [0.1, 0.15) is 25.1 Å². The van der Waals surface area contributed by atoms with Crippen LogP contribution >= 0.6 is 0 Å². The molecule has 0 amide bonds. The lowest BCUT2D eigenvalue weighted by Crippen LogP contribution is -2.53. The molecule has 5 nitrogen and oxygen atoms in total. The highest BCUT2D eigenvalue weighted by Crippen LogP contribution is 2.40. The zero-order chi connectivity index (χ0) is 18.5. The molecule has 0 spiro atoms. The number of nitrogens with zero attached hydrogens (tertiary/aromatic N) is 2. The molecule has 0 radical (unpaired) electrons. The number of pyridine rings is 2. The minimum atomic E-state index is -0.923. The largest absolute Gasteiger partial charge is 0.384 e. The van der Waals surface area contributed by atoms with Gasteiger partial charge in [-0.05, 0) is 19.1 Å². The predicted molar refractivity (Wildman–Crippen MR) is 99.1 cm³/mol. The van der Waals surface area contributed by atoms with Gasteiger partial charge in [0.15, 0.2) is 5.82 Å². The average Bonchev–Trinajstić information content (AvgIpc) is 3.01. The first kappa shape index (κ1) is 17.1. The molecule has 4 heterocycles. The van der Waals surface area contributed by atoms with Gasteiger partial charge in [0.1, 0.15) is 5.65 Å². The Morgan fingerprint density at radius 1 is 1.19 bits per heavy atom. The van der Waals surface area contributed by atoms with Crippen molar-refractivity contribution >= 4 is 11.0 Å². The van der Waals surface area contributed by atoms with E-state index >= 15 is 0 Å². The molecule has 0 saturated carbocycles. The van der Waals surface area contributed by atoms with Crippen molar-refractivity contribution in [3.63, 3.8) is 0 Å². The van der Waals surface area contributed by atoms with Crippen molar-refractivity contribution in [2.45, 2.75) is 26.4 Å². The average molecular weight is 354 g/mol. The number of hydrogen-bond donors (Lipinski definition) is 3. The molecular formula is C20H23FN4O. The SMILES string of the molecule is Cc1nc(-c2ccnc3[nH]cc(F)c23)ccc1[C@@]1(O)[C@H](C)CNC[C@@H]1C. The van der Waals surface area contributed by atoms with E-state index in [1.54, 1.807) is 12.3 Å². The van der Waals surface area contributed by atoms with E-state index in [0.29, 0.717) is 22.3 Å². The van der Waals surface area contributed by atoms with Crippen molar-refractivity contribution in [2.24, 2.45) is 11.8 Å². The standard InChI is InChI=1S/C20H23FN4O/c1-11-8-22-9-12(2)20(11,26)15-4-5-17(25-13(15)3)14-6-7-23-19-18(14)16(21)10-24-19/h4-7,10-12,22,26H,8-9H2,1-3H3,(H,23,24)/t11-,12+,20-. The van der Waals surface area contributed by atoms with Crippen molar-refractivity contribution in [3.05, 3.63) is 47.7 Å². The molecule has 26 heavy (non-hydrogen) atoms. The number of fused-ring (bicyclic) bond motifs is 1. The van der Waals surface area contributed by atoms with Gasteiger partial charge in [-0.2, -0.15) is 0 Å². The van der Waals surface area contributed by atoms with Crippen molar-refractivity contribution in [1.82, 2.24) is 20.3 Å². The molecule has 0 bridgehead atoms. The lowest BCUT2D eigenvalue weighted by Gasteiger charge is -2.44. The van der Waals surface area contributed by atoms with E-state index in [4.69, 9.17) is 4.98 Å². The number of aromatic nitrogens is 3. The van der Waals surface area contributed by atoms with E-state index in [1.165, 1.54) is 6.20 Å². The summed E-state index contributed by atoms with van der Waals surface area (Å²) < 4.78 is 14.2. The molecule has 1 saturated heterocycles. The second kappa shape index (κ2) is 6.14. The number of H-pyrrole nitrogens is 1. The van der Waals surface area contributed by atoms with Crippen molar-refractivity contribution < 1.29 is 9.50 Å². The van der Waals surface area contributed by atoms with Gasteiger partial charge in [0.25, 0.3) is 0 Å². The Balaban J connectivity index is 1.83. The number of hydrogen-bond acceptors (Lipinski definition) is 4. The summed E-state index contributed by atoms with van der Waals surface area (Å²) in [4.78, 5) is 11.7. The first-order valence-electron chi connectivity index (χ1n) is 8.96. The van der Waals surface area contributed by atoms with Crippen LogP contribution in [0.5, 0.6) is 0 Å². The highest BCUT2D eigenvalue weighted by atomic mass is 19.1. The van der Waals surface area contributed by atoms with Gasteiger partial charge in [0, 0.05) is 54.1 Å². The molecule has 3 aromatic heterocycles. The number of piperidine rings is 1. The fraction of sp³-hybridized carbons (Fsp3) is 0.400. The van der Waals surface area contributed by atoms with Crippen molar-refractivity contribution in [1.29, 1.82) is 0 Å². The number of rotatable bonds is 2. The molecule has 136 valence electrons. The number of halogens is 1. The summed E-state index contributed by atoms with van der Waals surface area (Å²) in [5, 5.41) is 15.2. The van der Waals surface area contributed by atoms with E-state index in [0.717, 1.165) is 24.3 Å². The fourth-order valence-corrected chi connectivity index (χ4v) is 4.21. The van der Waals surface area contributed by atoms with Gasteiger partial charge in [-0.1, -0.05) is 19.9 Å². The van der Waals surface area contributed by atoms with Gasteiger partial charge in [0.05, 0.1) is 16.7 Å². The van der Waals surface area contributed by atoms with Crippen LogP contribution in [0.4, 0.5) is 4.39 Å². The van der Waals surface area contributed by atoms with Crippen LogP contribution in [0.2, 0.25) is 0 Å². The molecule has 3 aromatic rings. The molecule has 0 aromatic carbocycles. The van der Waals surface area contributed by atoms with E-state index in [1.807, 2.05) is 19.1 Å². The smallest absolute Gasteiger partial charge is 0.150 e. The minimum Gasteiger partial charge on any atom is -0.384 e. The van der Waals surface area contributed by atoms with Gasteiger partial charge < -0.3 is 15.4 Å². The predicted octanol–water partition coefficient (Wildman–Crippen LogP) is 3.14. The lowest BCUT2D eigenvalue weighted by molar-refractivity contribution is -0.0813. The van der Waals surface area contributed by atoms with Gasteiger partial charge in [-0.15, -0.1) is 0 Å². The fourth-order valence-electron chi connectivity index (χ4n) is 4.21. The van der Waals surface area contributed by atoms with Gasteiger partial charge in [0.2, 0.25) is 0 Å². The third-order valence-corrected chi connectivity index (χ3v) is 5.72. The van der Waals surface area contributed by atoms with Crippen LogP contribution in [-0.4, -0.2) is 33.1 Å². The van der Waals surface area contributed by atoms with Gasteiger partial charge >= 0.3 is 0 Å². The van der Waals surface area contributed by atoms with Crippen LogP contribution in [-0.2, 0) is 5.60 Å². The summed E-state index contributed by atoms with van der Waals surface area (Å²) in [5.41, 5.74) is 2.57. The Labute approximate surface area is 151 Å². The summed E-state index contributed by atoms with van der Waals surface area (Å²) in [6.07, 6.45) is 2.95. The monoisotopic (exact) mass is 354 g/mol. The van der Waals surface area contributed by atoms with Crippen LogP contribution in [0, 0.1) is 24.6 Å². The molecule has 0 aliphatic carbocycles. The maximum Gasteiger partial charge on any atom is 0.150 e. The number of aryl methyl sites for hydroxylation is 1. The van der Waals surface area contributed by atoms with E-state index < -0.39 is 5.60 Å². The molecule has 3 N–H and O–H groups in total. The van der Waals surface area contributed by atoms with Crippen LogP contribution < -0.4 is 5.32 Å². The molecule has 0 unspecified atom stereocenters. The maximum atomic E-state index is 14.2. The highest BCUT2D eigenvalue weighted by Gasteiger charge is 2.44. The zero-order valence-corrected chi connectivity index (χ0v) is 15.2. The van der Waals surface area contributed by atoms with Crippen molar-refractivity contribution in [3.8, 4) is 11.3 Å². The number of aliphatic hydroxyl groups is 1. The molecule has 3 atom stereocenters. The van der Waals surface area contributed by atoms with Gasteiger partial charge in [-0.25, -0.2) is 9.37 Å². The summed E-state index contributed by atoms with van der Waals surface area (Å²) in [6, 6.07) is 5.57. The third kappa shape index (κ3) is 2.44. The zero-order valence-electron chi connectivity index (χ0n) is 15.2. The lowest BCUT2D eigenvalue weighted by atomic mass is 9.71. The first-order chi connectivity index (χ1) is 12.4. The minimum absolute atomic E-state index is 0.0763. The molecule has 1 aliphatic rings. The normalized spacial score (nSPS) is 26.3. The summed E-state index contributed by atoms with van der Waals surface area (Å²) in [7, 11) is 0. The molecule has 1 aliphatic heterocycles. The number of nitrogens with one attached hydrogen (secondary N) is 2. The molecule has 1 fully saturated rings. The van der Waals surface area contributed by atoms with E-state index in [-0.39, 0.29) is 17.7 Å². The summed E-state index contributed by atoms with van der Waals surface area (Å²) >= 11 is 0. The second-order valence-corrected chi connectivity index (χ2v) is 7.33. The molecular weight excluding hydrogens is 331 g/mol. The van der Waals surface area contributed by atoms with Crippen LogP contribution in [0.3, 0.4) is 0 Å². The van der Waals surface area contributed by atoms with E-state index in [2.05, 4.69) is 29.1 Å². The van der Waals surface area contributed by atoms with Crippen LogP contribution in [0.25, 0.3) is 22.3 Å². The third-order valence-electron chi connectivity index (χ3n) is 5.72. The topological polar surface area (TPSA) is 73.8 Å². The quantitative estimate of drug-likeness (QED) is 0.661. The Bertz CT molecular complexity index is 958. The summed E-state index contributed by atoms with van der Waals surface area (Å²) in [5.74, 6) is -0.189. The first-order valence-corrected chi connectivity index (χ1v) is 8.96.